The monoisotopic (exact) mass is 340 g/mol. The van der Waals surface area contributed by atoms with E-state index in [1.807, 2.05) is 0 Å². The Hall–Kier alpha value is -1.02. The van der Waals surface area contributed by atoms with E-state index < -0.39 is 16.2 Å². The molecular formula is C11H14Cl2N2O4S. The SMILES string of the molecule is CCN(CC)S(=O)(=O)Nc1c(Cl)cc(Cl)cc1C(=O)O. The number of anilines is 1. The molecule has 9 heteroatoms. The minimum absolute atomic E-state index is 0.0781. The fraction of sp³-hybridized carbons (Fsp3) is 0.364. The predicted molar refractivity (Wildman–Crippen MR) is 78.9 cm³/mol. The van der Waals surface area contributed by atoms with Crippen molar-refractivity contribution in [2.45, 2.75) is 13.8 Å². The van der Waals surface area contributed by atoms with Crippen LogP contribution in [0.25, 0.3) is 0 Å². The van der Waals surface area contributed by atoms with Crippen molar-refractivity contribution in [1.82, 2.24) is 4.31 Å². The van der Waals surface area contributed by atoms with E-state index in [1.165, 1.54) is 6.07 Å². The molecule has 0 saturated heterocycles. The van der Waals surface area contributed by atoms with Crippen molar-refractivity contribution in [3.05, 3.63) is 27.7 Å². The third-order valence-corrected chi connectivity index (χ3v) is 4.74. The number of carboxylic acids is 1. The van der Waals surface area contributed by atoms with Crippen LogP contribution in [0, 0.1) is 0 Å². The zero-order valence-electron chi connectivity index (χ0n) is 10.9. The van der Waals surface area contributed by atoms with Crippen LogP contribution >= 0.6 is 23.2 Å². The zero-order chi connectivity index (χ0) is 15.5. The Balaban J connectivity index is 3.31. The summed E-state index contributed by atoms with van der Waals surface area (Å²) in [7, 11) is -3.87. The lowest BCUT2D eigenvalue weighted by molar-refractivity contribution is 0.0698. The summed E-state index contributed by atoms with van der Waals surface area (Å²) < 4.78 is 27.5. The number of carboxylic acid groups (broad SMARTS) is 1. The van der Waals surface area contributed by atoms with Crippen LogP contribution in [0.3, 0.4) is 0 Å². The summed E-state index contributed by atoms with van der Waals surface area (Å²) in [5.74, 6) is -1.33. The first-order valence-electron chi connectivity index (χ1n) is 5.73. The summed E-state index contributed by atoms with van der Waals surface area (Å²) in [6.07, 6.45) is 0. The number of aromatic carboxylic acids is 1. The average molecular weight is 341 g/mol. The molecule has 0 unspecified atom stereocenters. The lowest BCUT2D eigenvalue weighted by atomic mass is 10.2. The van der Waals surface area contributed by atoms with Crippen molar-refractivity contribution in [3.8, 4) is 0 Å². The Kier molecular flexibility index (Phi) is 5.64. The molecule has 0 aliphatic carbocycles. The number of hydrogen-bond acceptors (Lipinski definition) is 3. The molecule has 0 spiro atoms. The maximum Gasteiger partial charge on any atom is 0.337 e. The van der Waals surface area contributed by atoms with Gasteiger partial charge in [-0.05, 0) is 12.1 Å². The van der Waals surface area contributed by atoms with E-state index in [0.717, 1.165) is 10.4 Å². The Labute approximate surface area is 127 Å². The van der Waals surface area contributed by atoms with Gasteiger partial charge < -0.3 is 5.11 Å². The molecule has 0 aliphatic heterocycles. The van der Waals surface area contributed by atoms with Crippen LogP contribution in [-0.2, 0) is 10.2 Å². The van der Waals surface area contributed by atoms with Gasteiger partial charge in [-0.15, -0.1) is 0 Å². The number of benzene rings is 1. The first kappa shape index (κ1) is 17.0. The van der Waals surface area contributed by atoms with Crippen LogP contribution in [0.5, 0.6) is 0 Å². The van der Waals surface area contributed by atoms with E-state index in [0.29, 0.717) is 0 Å². The van der Waals surface area contributed by atoms with E-state index in [2.05, 4.69) is 4.72 Å². The lowest BCUT2D eigenvalue weighted by Crippen LogP contribution is -2.36. The van der Waals surface area contributed by atoms with E-state index in [4.69, 9.17) is 28.3 Å². The highest BCUT2D eigenvalue weighted by atomic mass is 35.5. The van der Waals surface area contributed by atoms with Crippen molar-refractivity contribution >= 4 is 45.1 Å². The molecule has 0 amide bonds. The van der Waals surface area contributed by atoms with Crippen molar-refractivity contribution in [2.75, 3.05) is 17.8 Å². The van der Waals surface area contributed by atoms with Gasteiger partial charge in [-0.2, -0.15) is 12.7 Å². The lowest BCUT2D eigenvalue weighted by Gasteiger charge is -2.20. The number of halogens is 2. The number of carbonyl (C=O) groups is 1. The summed E-state index contributed by atoms with van der Waals surface area (Å²) in [6, 6.07) is 2.41. The van der Waals surface area contributed by atoms with E-state index in [1.54, 1.807) is 13.8 Å². The van der Waals surface area contributed by atoms with Crippen LogP contribution in [0.1, 0.15) is 24.2 Å². The largest absolute Gasteiger partial charge is 0.478 e. The summed E-state index contributed by atoms with van der Waals surface area (Å²) in [4.78, 5) is 11.2. The van der Waals surface area contributed by atoms with Crippen LogP contribution in [0.4, 0.5) is 5.69 Å². The Bertz CT molecular complexity index is 615. The second-order valence-corrected chi connectivity index (χ2v) is 6.32. The summed E-state index contributed by atoms with van der Waals surface area (Å²) >= 11 is 11.6. The van der Waals surface area contributed by atoms with Crippen molar-refractivity contribution in [1.29, 1.82) is 0 Å². The van der Waals surface area contributed by atoms with E-state index in [9.17, 15) is 13.2 Å². The maximum absolute atomic E-state index is 12.1. The first-order valence-corrected chi connectivity index (χ1v) is 7.92. The third-order valence-electron chi connectivity index (χ3n) is 2.56. The molecule has 0 aromatic heterocycles. The summed E-state index contributed by atoms with van der Waals surface area (Å²) in [5, 5.41) is 9.13. The fourth-order valence-electron chi connectivity index (χ4n) is 1.60. The van der Waals surface area contributed by atoms with Crippen LogP contribution in [0.15, 0.2) is 12.1 Å². The molecule has 1 aromatic carbocycles. The van der Waals surface area contributed by atoms with Crippen LogP contribution in [0.2, 0.25) is 10.0 Å². The van der Waals surface area contributed by atoms with Gasteiger partial charge in [0.15, 0.2) is 0 Å². The predicted octanol–water partition coefficient (Wildman–Crippen LogP) is 2.69. The number of rotatable bonds is 6. The topological polar surface area (TPSA) is 86.7 Å². The maximum atomic E-state index is 12.1. The Morgan fingerprint density at radius 3 is 2.30 bits per heavy atom. The summed E-state index contributed by atoms with van der Waals surface area (Å²) in [5.41, 5.74) is -0.506. The van der Waals surface area contributed by atoms with Gasteiger partial charge in [0, 0.05) is 18.1 Å². The molecule has 1 aromatic rings. The fourth-order valence-corrected chi connectivity index (χ4v) is 3.49. The molecule has 0 saturated carbocycles. The smallest absolute Gasteiger partial charge is 0.337 e. The van der Waals surface area contributed by atoms with Gasteiger partial charge >= 0.3 is 16.2 Å². The molecule has 0 bridgehead atoms. The minimum Gasteiger partial charge on any atom is -0.478 e. The van der Waals surface area contributed by atoms with Crippen LogP contribution < -0.4 is 4.72 Å². The second-order valence-electron chi connectivity index (χ2n) is 3.81. The van der Waals surface area contributed by atoms with Gasteiger partial charge in [-0.3, -0.25) is 4.72 Å². The van der Waals surface area contributed by atoms with Crippen molar-refractivity contribution in [3.63, 3.8) is 0 Å². The minimum atomic E-state index is -3.87. The third kappa shape index (κ3) is 3.76. The van der Waals surface area contributed by atoms with Gasteiger partial charge in [-0.1, -0.05) is 37.0 Å². The molecule has 1 rings (SSSR count). The van der Waals surface area contributed by atoms with Crippen molar-refractivity contribution < 1.29 is 18.3 Å². The van der Waals surface area contributed by atoms with E-state index >= 15 is 0 Å². The summed E-state index contributed by atoms with van der Waals surface area (Å²) in [6.45, 7) is 3.84. The average Bonchev–Trinajstić information content (AvgIpc) is 2.33. The van der Waals surface area contributed by atoms with Crippen LogP contribution in [-0.4, -0.2) is 36.9 Å². The van der Waals surface area contributed by atoms with Gasteiger partial charge in [0.25, 0.3) is 0 Å². The molecule has 112 valence electrons. The normalized spacial score (nSPS) is 11.7. The molecule has 2 N–H and O–H groups in total. The van der Waals surface area contributed by atoms with Gasteiger partial charge in [-0.25, -0.2) is 4.79 Å². The van der Waals surface area contributed by atoms with E-state index in [-0.39, 0.29) is 34.4 Å². The number of nitrogens with zero attached hydrogens (tertiary/aromatic N) is 1. The highest BCUT2D eigenvalue weighted by Crippen LogP contribution is 2.31. The highest BCUT2D eigenvalue weighted by Gasteiger charge is 2.23. The Morgan fingerprint density at radius 2 is 1.85 bits per heavy atom. The molecule has 0 heterocycles. The quantitative estimate of drug-likeness (QED) is 0.833. The van der Waals surface area contributed by atoms with Gasteiger partial charge in [0.05, 0.1) is 16.3 Å². The van der Waals surface area contributed by atoms with Gasteiger partial charge in [0.1, 0.15) is 0 Å². The standard InChI is InChI=1S/C11H14Cl2N2O4S/c1-3-15(4-2)20(18,19)14-10-8(11(16)17)5-7(12)6-9(10)13/h5-6,14H,3-4H2,1-2H3,(H,16,17). The molecule has 0 fully saturated rings. The van der Waals surface area contributed by atoms with Crippen molar-refractivity contribution in [2.24, 2.45) is 0 Å². The zero-order valence-corrected chi connectivity index (χ0v) is 13.2. The molecule has 0 atom stereocenters. The molecule has 6 nitrogen and oxygen atoms in total. The van der Waals surface area contributed by atoms with Gasteiger partial charge in [0.2, 0.25) is 0 Å². The molecule has 0 aliphatic rings. The molecule has 20 heavy (non-hydrogen) atoms. The Morgan fingerprint density at radius 1 is 1.30 bits per heavy atom. The highest BCUT2D eigenvalue weighted by molar-refractivity contribution is 7.90. The number of nitrogens with one attached hydrogen (secondary N) is 1. The first-order chi connectivity index (χ1) is 9.22. The number of hydrogen-bond donors (Lipinski definition) is 2. The molecular weight excluding hydrogens is 327 g/mol. The second kappa shape index (κ2) is 6.62. The molecule has 0 radical (unpaired) electrons.